The molecule has 0 aromatic carbocycles. The van der Waals surface area contributed by atoms with Crippen molar-refractivity contribution < 1.29 is 4.79 Å². The highest BCUT2D eigenvalue weighted by Gasteiger charge is 2.31. The normalized spacial score (nSPS) is 20.2. The fourth-order valence-corrected chi connectivity index (χ4v) is 4.79. The van der Waals surface area contributed by atoms with Crippen LogP contribution < -0.4 is 0 Å². The summed E-state index contributed by atoms with van der Waals surface area (Å²) in [7, 11) is 0. The van der Waals surface area contributed by atoms with Gasteiger partial charge in [-0.15, -0.1) is 0 Å². The van der Waals surface area contributed by atoms with Crippen LogP contribution in [0.4, 0.5) is 0 Å². The second kappa shape index (κ2) is 11.9. The minimum Gasteiger partial charge on any atom is -0.337 e. The Labute approximate surface area is 150 Å². The summed E-state index contributed by atoms with van der Waals surface area (Å²) in [6.45, 7) is 2.27. The molecule has 0 heterocycles. The zero-order valence-electron chi connectivity index (χ0n) is 16.2. The van der Waals surface area contributed by atoms with E-state index in [1.807, 2.05) is 0 Å². The van der Waals surface area contributed by atoms with Crippen molar-refractivity contribution in [2.75, 3.05) is 0 Å². The summed E-state index contributed by atoms with van der Waals surface area (Å²) >= 11 is 0. The number of hydrogen-bond donors (Lipinski definition) is 0. The first kappa shape index (κ1) is 19.8. The maximum absolute atomic E-state index is 13.0. The van der Waals surface area contributed by atoms with Gasteiger partial charge in [-0.2, -0.15) is 0 Å². The highest BCUT2D eigenvalue weighted by Crippen LogP contribution is 2.31. The third-order valence-electron chi connectivity index (χ3n) is 6.22. The molecule has 0 spiro atoms. The lowest BCUT2D eigenvalue weighted by Gasteiger charge is -2.42. The number of carbonyl (C=O) groups excluding carboxylic acids is 1. The molecule has 1 amide bonds. The maximum Gasteiger partial charge on any atom is 0.223 e. The van der Waals surface area contributed by atoms with Crippen molar-refractivity contribution in [1.82, 2.24) is 4.90 Å². The summed E-state index contributed by atoms with van der Waals surface area (Å²) in [6, 6.07) is 1.14. The van der Waals surface area contributed by atoms with Crippen LogP contribution in [-0.2, 0) is 4.79 Å². The zero-order valence-corrected chi connectivity index (χ0v) is 16.2. The van der Waals surface area contributed by atoms with Gasteiger partial charge in [-0.05, 0) is 32.1 Å². The molecule has 2 rings (SSSR count). The SMILES string of the molecule is CCCCCCCCCC(=O)N(C1CCCCC1)C1CCCCC1. The molecule has 2 heteroatoms. The Morgan fingerprint density at radius 1 is 0.708 bits per heavy atom. The fourth-order valence-electron chi connectivity index (χ4n) is 4.79. The Kier molecular flexibility index (Phi) is 9.83. The molecule has 0 aromatic rings. The lowest BCUT2D eigenvalue weighted by atomic mass is 9.88. The quantitative estimate of drug-likeness (QED) is 0.411. The minimum atomic E-state index is 0.488. The predicted octanol–water partition coefficient (Wildman–Crippen LogP) is 6.62. The van der Waals surface area contributed by atoms with Gasteiger partial charge in [-0.1, -0.05) is 84.0 Å². The van der Waals surface area contributed by atoms with Gasteiger partial charge in [0.05, 0.1) is 0 Å². The van der Waals surface area contributed by atoms with Crippen LogP contribution in [0.25, 0.3) is 0 Å². The van der Waals surface area contributed by atoms with Crippen LogP contribution in [0.3, 0.4) is 0 Å². The molecular formula is C22H41NO. The van der Waals surface area contributed by atoms with E-state index in [0.717, 1.165) is 12.8 Å². The monoisotopic (exact) mass is 335 g/mol. The van der Waals surface area contributed by atoms with Crippen LogP contribution in [0.2, 0.25) is 0 Å². The molecular weight excluding hydrogens is 294 g/mol. The van der Waals surface area contributed by atoms with Crippen molar-refractivity contribution in [3.8, 4) is 0 Å². The highest BCUT2D eigenvalue weighted by atomic mass is 16.2. The second-order valence-corrected chi connectivity index (χ2v) is 8.26. The summed E-state index contributed by atoms with van der Waals surface area (Å²) < 4.78 is 0. The molecule has 0 bridgehead atoms. The lowest BCUT2D eigenvalue weighted by molar-refractivity contribution is -0.138. The summed E-state index contributed by atoms with van der Waals surface area (Å²) in [4.78, 5) is 15.4. The van der Waals surface area contributed by atoms with E-state index in [0.29, 0.717) is 18.0 Å². The first-order valence-corrected chi connectivity index (χ1v) is 11.1. The molecule has 2 aliphatic carbocycles. The van der Waals surface area contributed by atoms with Gasteiger partial charge in [-0.3, -0.25) is 4.79 Å². The largest absolute Gasteiger partial charge is 0.337 e. The topological polar surface area (TPSA) is 20.3 Å². The van der Waals surface area contributed by atoms with E-state index < -0.39 is 0 Å². The number of unbranched alkanes of at least 4 members (excludes halogenated alkanes) is 6. The number of rotatable bonds is 10. The number of carbonyl (C=O) groups is 1. The molecule has 2 nitrogen and oxygen atoms in total. The van der Waals surface area contributed by atoms with Gasteiger partial charge < -0.3 is 4.90 Å². The molecule has 0 aromatic heterocycles. The van der Waals surface area contributed by atoms with Gasteiger partial charge in [0.25, 0.3) is 0 Å². The summed E-state index contributed by atoms with van der Waals surface area (Å²) in [5.41, 5.74) is 0. The molecule has 2 saturated carbocycles. The average Bonchev–Trinajstić information content (AvgIpc) is 2.63. The van der Waals surface area contributed by atoms with E-state index in [9.17, 15) is 4.79 Å². The van der Waals surface area contributed by atoms with Crippen molar-refractivity contribution in [2.24, 2.45) is 0 Å². The Morgan fingerprint density at radius 2 is 1.17 bits per heavy atom. The Hall–Kier alpha value is -0.530. The Morgan fingerprint density at radius 3 is 1.67 bits per heavy atom. The fraction of sp³-hybridized carbons (Fsp3) is 0.955. The molecule has 2 aliphatic rings. The third kappa shape index (κ3) is 6.76. The van der Waals surface area contributed by atoms with Crippen LogP contribution >= 0.6 is 0 Å². The molecule has 0 atom stereocenters. The summed E-state index contributed by atoms with van der Waals surface area (Å²) in [5.74, 6) is 0.488. The van der Waals surface area contributed by atoms with E-state index in [4.69, 9.17) is 0 Å². The van der Waals surface area contributed by atoms with Crippen LogP contribution in [0, 0.1) is 0 Å². The van der Waals surface area contributed by atoms with Gasteiger partial charge in [-0.25, -0.2) is 0 Å². The highest BCUT2D eigenvalue weighted by molar-refractivity contribution is 5.77. The lowest BCUT2D eigenvalue weighted by Crippen LogP contribution is -2.48. The van der Waals surface area contributed by atoms with Gasteiger partial charge >= 0.3 is 0 Å². The smallest absolute Gasteiger partial charge is 0.223 e. The number of hydrogen-bond acceptors (Lipinski definition) is 1. The number of nitrogens with zero attached hydrogens (tertiary/aromatic N) is 1. The molecule has 0 radical (unpaired) electrons. The van der Waals surface area contributed by atoms with Gasteiger partial charge in [0.1, 0.15) is 0 Å². The third-order valence-corrected chi connectivity index (χ3v) is 6.22. The molecule has 24 heavy (non-hydrogen) atoms. The minimum absolute atomic E-state index is 0.488. The van der Waals surface area contributed by atoms with E-state index in [-0.39, 0.29) is 0 Å². The van der Waals surface area contributed by atoms with Crippen LogP contribution in [0.15, 0.2) is 0 Å². The van der Waals surface area contributed by atoms with E-state index in [1.165, 1.54) is 103 Å². The van der Waals surface area contributed by atoms with Gasteiger partial charge in [0, 0.05) is 18.5 Å². The van der Waals surface area contributed by atoms with Crippen molar-refractivity contribution >= 4 is 5.91 Å². The molecule has 0 unspecified atom stereocenters. The summed E-state index contributed by atoms with van der Waals surface area (Å²) in [5, 5.41) is 0. The number of amides is 1. The van der Waals surface area contributed by atoms with E-state index >= 15 is 0 Å². The van der Waals surface area contributed by atoms with Crippen molar-refractivity contribution in [2.45, 2.75) is 135 Å². The maximum atomic E-state index is 13.0. The van der Waals surface area contributed by atoms with Crippen LogP contribution in [0.5, 0.6) is 0 Å². The summed E-state index contributed by atoms with van der Waals surface area (Å²) in [6.07, 6.45) is 23.0. The molecule has 2 fully saturated rings. The predicted molar refractivity (Wildman–Crippen MR) is 103 cm³/mol. The zero-order chi connectivity index (χ0) is 17.0. The Balaban J connectivity index is 1.76. The van der Waals surface area contributed by atoms with Crippen molar-refractivity contribution in [3.63, 3.8) is 0 Å². The standard InChI is InChI=1S/C22H41NO/c1-2-3-4-5-6-7-14-19-22(24)23(20-15-10-8-11-16-20)21-17-12-9-13-18-21/h20-21H,2-19H2,1H3. The van der Waals surface area contributed by atoms with Gasteiger partial charge in [0.2, 0.25) is 5.91 Å². The molecule has 0 aliphatic heterocycles. The molecule has 0 saturated heterocycles. The van der Waals surface area contributed by atoms with Gasteiger partial charge in [0.15, 0.2) is 0 Å². The van der Waals surface area contributed by atoms with Crippen LogP contribution in [0.1, 0.15) is 122 Å². The average molecular weight is 336 g/mol. The molecule has 0 N–H and O–H groups in total. The van der Waals surface area contributed by atoms with Crippen molar-refractivity contribution in [3.05, 3.63) is 0 Å². The first-order chi connectivity index (χ1) is 11.8. The first-order valence-electron chi connectivity index (χ1n) is 11.1. The van der Waals surface area contributed by atoms with Crippen LogP contribution in [-0.4, -0.2) is 22.9 Å². The molecule has 140 valence electrons. The van der Waals surface area contributed by atoms with E-state index in [2.05, 4.69) is 11.8 Å². The Bertz CT molecular complexity index is 311. The van der Waals surface area contributed by atoms with E-state index in [1.54, 1.807) is 0 Å². The second-order valence-electron chi connectivity index (χ2n) is 8.26. The van der Waals surface area contributed by atoms with Crippen molar-refractivity contribution in [1.29, 1.82) is 0 Å².